The number of methoxy groups -OCH3 is 1. The highest BCUT2D eigenvalue weighted by atomic mass is 16.5. The molecule has 1 saturated heterocycles. The summed E-state index contributed by atoms with van der Waals surface area (Å²) in [6.45, 7) is 5.06. The minimum Gasteiger partial charge on any atom is -0.493 e. The average molecular weight is 365 g/mol. The molecule has 2 aromatic carbocycles. The largest absolute Gasteiger partial charge is 0.493 e. The third-order valence-electron chi connectivity index (χ3n) is 4.65. The first-order valence-corrected chi connectivity index (χ1v) is 9.50. The van der Waals surface area contributed by atoms with E-state index in [4.69, 9.17) is 9.47 Å². The van der Waals surface area contributed by atoms with Crippen molar-refractivity contribution in [3.63, 3.8) is 0 Å². The topological polar surface area (TPSA) is 38.8 Å². The lowest BCUT2D eigenvalue weighted by Crippen LogP contribution is -2.35. The second kappa shape index (κ2) is 9.38. The number of piperidine rings is 1. The van der Waals surface area contributed by atoms with Crippen LogP contribution in [0.5, 0.6) is 11.5 Å². The van der Waals surface area contributed by atoms with Crippen LogP contribution in [-0.2, 0) is 11.3 Å². The minimum atomic E-state index is 0.226. The summed E-state index contributed by atoms with van der Waals surface area (Å²) in [5.41, 5.74) is 3.08. The van der Waals surface area contributed by atoms with Crippen molar-refractivity contribution in [1.29, 1.82) is 0 Å². The Morgan fingerprint density at radius 1 is 1.11 bits per heavy atom. The molecule has 1 fully saturated rings. The van der Waals surface area contributed by atoms with Crippen molar-refractivity contribution in [3.05, 3.63) is 65.2 Å². The molecule has 3 rings (SSSR count). The van der Waals surface area contributed by atoms with Crippen LogP contribution >= 0.6 is 0 Å². The Balaban J connectivity index is 1.75. The van der Waals surface area contributed by atoms with E-state index in [1.807, 2.05) is 30.3 Å². The molecule has 1 aliphatic rings. The van der Waals surface area contributed by atoms with Crippen molar-refractivity contribution in [1.82, 2.24) is 4.90 Å². The summed E-state index contributed by atoms with van der Waals surface area (Å²) in [6, 6.07) is 16.2. The van der Waals surface area contributed by atoms with Crippen LogP contribution in [-0.4, -0.2) is 37.5 Å². The third kappa shape index (κ3) is 5.20. The van der Waals surface area contributed by atoms with E-state index >= 15 is 0 Å². The molecule has 0 spiro atoms. The smallest absolute Gasteiger partial charge is 0.161 e. The average Bonchev–Trinajstić information content (AvgIpc) is 2.70. The van der Waals surface area contributed by atoms with E-state index in [1.54, 1.807) is 7.11 Å². The first-order valence-electron chi connectivity index (χ1n) is 9.50. The first kappa shape index (κ1) is 19.2. The maximum absolute atomic E-state index is 12.4. The van der Waals surface area contributed by atoms with Crippen LogP contribution in [0.2, 0.25) is 0 Å². The summed E-state index contributed by atoms with van der Waals surface area (Å²) in [5, 5.41) is 0. The first-order chi connectivity index (χ1) is 13.2. The number of carbonyl (C=O) groups is 1. The fourth-order valence-corrected chi connectivity index (χ4v) is 3.24. The highest BCUT2D eigenvalue weighted by Gasteiger charge is 2.21. The van der Waals surface area contributed by atoms with Gasteiger partial charge in [-0.1, -0.05) is 43.3 Å². The summed E-state index contributed by atoms with van der Waals surface area (Å²) in [7, 11) is 1.64. The van der Waals surface area contributed by atoms with Crippen LogP contribution in [0, 0.1) is 0 Å². The van der Waals surface area contributed by atoms with Gasteiger partial charge < -0.3 is 9.47 Å². The number of hydrogen-bond donors (Lipinski definition) is 0. The summed E-state index contributed by atoms with van der Waals surface area (Å²) >= 11 is 0. The van der Waals surface area contributed by atoms with Crippen molar-refractivity contribution in [3.8, 4) is 11.5 Å². The summed E-state index contributed by atoms with van der Waals surface area (Å²) in [6.07, 6.45) is 3.49. The highest BCUT2D eigenvalue weighted by Crippen LogP contribution is 2.29. The van der Waals surface area contributed by atoms with Gasteiger partial charge in [-0.25, -0.2) is 0 Å². The van der Waals surface area contributed by atoms with Gasteiger partial charge in [0, 0.05) is 31.6 Å². The van der Waals surface area contributed by atoms with Gasteiger partial charge in [0.15, 0.2) is 17.3 Å². The summed E-state index contributed by atoms with van der Waals surface area (Å²) in [4.78, 5) is 14.7. The molecule has 0 atom stereocenters. The maximum atomic E-state index is 12.4. The van der Waals surface area contributed by atoms with Crippen LogP contribution in [0.3, 0.4) is 0 Å². The third-order valence-corrected chi connectivity index (χ3v) is 4.65. The molecular weight excluding hydrogens is 338 g/mol. The molecule has 2 aromatic rings. The van der Waals surface area contributed by atoms with Gasteiger partial charge in [0.2, 0.25) is 0 Å². The van der Waals surface area contributed by atoms with Crippen molar-refractivity contribution < 1.29 is 14.3 Å². The molecule has 4 nitrogen and oxygen atoms in total. The predicted molar refractivity (Wildman–Crippen MR) is 108 cm³/mol. The Hall–Kier alpha value is -2.59. The normalized spacial score (nSPS) is 16.5. The lowest BCUT2D eigenvalue weighted by Gasteiger charge is -2.28. The molecule has 0 saturated carbocycles. The number of ether oxygens (including phenoxy) is 2. The lowest BCUT2D eigenvalue weighted by atomic mass is 9.99. The lowest BCUT2D eigenvalue weighted by molar-refractivity contribution is -0.117. The van der Waals surface area contributed by atoms with E-state index in [2.05, 4.69) is 36.1 Å². The molecule has 0 bridgehead atoms. The standard InChI is InChI=1S/C23H27NO3/c1-3-13-27-22-10-9-19(15-23(22)26-2)14-20-17-24(12-11-21(20)25)16-18-7-5-4-6-8-18/h4-10,14-15H,3,11-13,16-17H2,1-2H3/b20-14+. The van der Waals surface area contributed by atoms with E-state index in [9.17, 15) is 4.79 Å². The van der Waals surface area contributed by atoms with E-state index in [0.717, 1.165) is 36.4 Å². The number of nitrogens with zero attached hydrogens (tertiary/aromatic N) is 1. The fourth-order valence-electron chi connectivity index (χ4n) is 3.24. The van der Waals surface area contributed by atoms with Crippen LogP contribution < -0.4 is 9.47 Å². The van der Waals surface area contributed by atoms with Crippen molar-refractivity contribution in [2.24, 2.45) is 0 Å². The Bertz CT molecular complexity index is 799. The second-order valence-electron chi connectivity index (χ2n) is 6.80. The number of hydrogen-bond acceptors (Lipinski definition) is 4. The Morgan fingerprint density at radius 3 is 2.67 bits per heavy atom. The van der Waals surface area contributed by atoms with Crippen LogP contribution in [0.15, 0.2) is 54.1 Å². The van der Waals surface area contributed by atoms with Gasteiger partial charge in [-0.3, -0.25) is 9.69 Å². The molecule has 0 aliphatic carbocycles. The van der Waals surface area contributed by atoms with Gasteiger partial charge in [-0.05, 0) is 35.8 Å². The van der Waals surface area contributed by atoms with Crippen LogP contribution in [0.25, 0.3) is 6.08 Å². The van der Waals surface area contributed by atoms with Gasteiger partial charge in [0.05, 0.1) is 13.7 Å². The van der Waals surface area contributed by atoms with E-state index < -0.39 is 0 Å². The monoisotopic (exact) mass is 365 g/mol. The number of Topliss-reactive ketones (excluding diaryl/α,β-unsaturated/α-hetero) is 1. The molecule has 0 unspecified atom stereocenters. The zero-order chi connectivity index (χ0) is 19.1. The summed E-state index contributed by atoms with van der Waals surface area (Å²) < 4.78 is 11.2. The molecule has 0 N–H and O–H groups in total. The molecule has 1 aliphatic heterocycles. The van der Waals surface area contributed by atoms with Crippen LogP contribution in [0.4, 0.5) is 0 Å². The maximum Gasteiger partial charge on any atom is 0.161 e. The molecule has 27 heavy (non-hydrogen) atoms. The Kier molecular flexibility index (Phi) is 6.66. The van der Waals surface area contributed by atoms with Gasteiger partial charge in [0.25, 0.3) is 0 Å². The predicted octanol–water partition coefficient (Wildman–Crippen LogP) is 4.34. The molecule has 0 amide bonds. The van der Waals surface area contributed by atoms with Gasteiger partial charge >= 0.3 is 0 Å². The fraction of sp³-hybridized carbons (Fsp3) is 0.348. The number of rotatable bonds is 7. The van der Waals surface area contributed by atoms with Gasteiger partial charge in [-0.15, -0.1) is 0 Å². The van der Waals surface area contributed by atoms with E-state index in [-0.39, 0.29) is 5.78 Å². The van der Waals surface area contributed by atoms with E-state index in [0.29, 0.717) is 25.3 Å². The molecule has 0 radical (unpaired) electrons. The molecule has 0 aromatic heterocycles. The Labute approximate surface area is 161 Å². The van der Waals surface area contributed by atoms with Gasteiger partial charge in [-0.2, -0.15) is 0 Å². The number of likely N-dealkylation sites (tertiary alicyclic amines) is 1. The minimum absolute atomic E-state index is 0.226. The number of ketones is 1. The quantitative estimate of drug-likeness (QED) is 0.684. The SMILES string of the molecule is CCCOc1ccc(/C=C2\CN(Cc3ccccc3)CCC2=O)cc1OC. The zero-order valence-corrected chi connectivity index (χ0v) is 16.1. The number of carbonyl (C=O) groups excluding carboxylic acids is 1. The summed E-state index contributed by atoms with van der Waals surface area (Å²) in [5.74, 6) is 1.66. The van der Waals surface area contributed by atoms with Gasteiger partial charge in [0.1, 0.15) is 0 Å². The Morgan fingerprint density at radius 2 is 1.93 bits per heavy atom. The second-order valence-corrected chi connectivity index (χ2v) is 6.80. The molecule has 142 valence electrons. The number of benzene rings is 2. The molecule has 1 heterocycles. The zero-order valence-electron chi connectivity index (χ0n) is 16.1. The van der Waals surface area contributed by atoms with Crippen LogP contribution in [0.1, 0.15) is 30.9 Å². The van der Waals surface area contributed by atoms with E-state index in [1.165, 1.54) is 5.56 Å². The van der Waals surface area contributed by atoms with Crippen molar-refractivity contribution in [2.75, 3.05) is 26.8 Å². The van der Waals surface area contributed by atoms with Crippen molar-refractivity contribution in [2.45, 2.75) is 26.3 Å². The van der Waals surface area contributed by atoms with Crippen molar-refractivity contribution >= 4 is 11.9 Å². The molecular formula is C23H27NO3. The molecule has 4 heteroatoms. The highest BCUT2D eigenvalue weighted by molar-refractivity contribution is 6.00.